The van der Waals surface area contributed by atoms with Gasteiger partial charge < -0.3 is 33.4 Å². The van der Waals surface area contributed by atoms with E-state index in [1.165, 1.54) is 7.11 Å². The number of ether oxygens (including phenoxy) is 5. The van der Waals surface area contributed by atoms with Gasteiger partial charge in [0.05, 0.1) is 31.1 Å². The fourth-order valence-corrected chi connectivity index (χ4v) is 4.78. The normalized spacial score (nSPS) is 17.6. The molecule has 0 radical (unpaired) electrons. The van der Waals surface area contributed by atoms with Crippen LogP contribution in [0.4, 0.5) is 5.69 Å². The minimum atomic E-state index is -1.07. The molecule has 2 aliphatic heterocycles. The molecule has 9 heteroatoms. The minimum Gasteiger partial charge on any atom is -0.497 e. The van der Waals surface area contributed by atoms with Crippen LogP contribution in [-0.2, 0) is 4.79 Å². The van der Waals surface area contributed by atoms with Gasteiger partial charge in [0.15, 0.2) is 17.6 Å². The third-order valence-electron chi connectivity index (χ3n) is 6.48. The first-order chi connectivity index (χ1) is 18.1. The molecule has 2 unspecified atom stereocenters. The number of fused-ring (bicyclic) bond motifs is 4. The summed E-state index contributed by atoms with van der Waals surface area (Å²) >= 11 is 0. The molecule has 0 saturated carbocycles. The predicted molar refractivity (Wildman–Crippen MR) is 134 cm³/mol. The lowest BCUT2D eigenvalue weighted by atomic mass is 9.87. The highest BCUT2D eigenvalue weighted by molar-refractivity contribution is 5.97. The van der Waals surface area contributed by atoms with Crippen molar-refractivity contribution in [3.05, 3.63) is 82.2 Å². The third kappa shape index (κ3) is 3.88. The monoisotopic (exact) mass is 501 g/mol. The number of anilines is 1. The second-order valence-corrected chi connectivity index (χ2v) is 8.61. The highest BCUT2D eigenvalue weighted by Crippen LogP contribution is 2.49. The Balaban J connectivity index is 1.48. The molecule has 4 aromatic rings. The van der Waals surface area contributed by atoms with E-state index in [1.54, 1.807) is 61.7 Å². The number of hydrogen-bond donors (Lipinski definition) is 1. The van der Waals surface area contributed by atoms with Crippen LogP contribution in [0.2, 0.25) is 0 Å². The maximum Gasteiger partial charge on any atom is 0.344 e. The topological polar surface area (TPSA) is 105 Å². The van der Waals surface area contributed by atoms with Crippen molar-refractivity contribution in [1.82, 2.24) is 0 Å². The van der Waals surface area contributed by atoms with Gasteiger partial charge >= 0.3 is 5.63 Å². The van der Waals surface area contributed by atoms with Crippen molar-refractivity contribution in [2.45, 2.75) is 12.0 Å². The quantitative estimate of drug-likeness (QED) is 0.408. The second kappa shape index (κ2) is 9.09. The molecule has 0 saturated heterocycles. The smallest absolute Gasteiger partial charge is 0.344 e. The zero-order valence-electron chi connectivity index (χ0n) is 20.1. The molecule has 3 heterocycles. The lowest BCUT2D eigenvalue weighted by molar-refractivity contribution is -0.122. The molecular weight excluding hydrogens is 478 g/mol. The third-order valence-corrected chi connectivity index (χ3v) is 6.48. The summed E-state index contributed by atoms with van der Waals surface area (Å²) in [5, 5.41) is 3.49. The lowest BCUT2D eigenvalue weighted by Crippen LogP contribution is -2.35. The van der Waals surface area contributed by atoms with Gasteiger partial charge in [0.2, 0.25) is 5.75 Å². The molecule has 9 nitrogen and oxygen atoms in total. The molecule has 1 amide bonds. The highest BCUT2D eigenvalue weighted by atomic mass is 16.6. The SMILES string of the molecule is COc1ccc(NC(=O)C2Oc3c(c(=O)oc4ccccc34)C2c2cc(OC)c3c(c2)OCCO3)cc1. The Morgan fingerprint density at radius 3 is 2.51 bits per heavy atom. The average molecular weight is 501 g/mol. The van der Waals surface area contributed by atoms with E-state index in [-0.39, 0.29) is 5.56 Å². The van der Waals surface area contributed by atoms with Crippen molar-refractivity contribution in [2.24, 2.45) is 0 Å². The summed E-state index contributed by atoms with van der Waals surface area (Å²) in [6.45, 7) is 0.756. The van der Waals surface area contributed by atoms with E-state index in [0.29, 0.717) is 64.2 Å². The highest BCUT2D eigenvalue weighted by Gasteiger charge is 2.45. The number of rotatable bonds is 5. The van der Waals surface area contributed by atoms with Crippen molar-refractivity contribution >= 4 is 22.6 Å². The van der Waals surface area contributed by atoms with Crippen LogP contribution in [0.5, 0.6) is 28.7 Å². The van der Waals surface area contributed by atoms with E-state index in [0.717, 1.165) is 0 Å². The van der Waals surface area contributed by atoms with Crippen LogP contribution in [0, 0.1) is 0 Å². The van der Waals surface area contributed by atoms with Gasteiger partial charge in [-0.1, -0.05) is 12.1 Å². The van der Waals surface area contributed by atoms with Gasteiger partial charge in [0.1, 0.15) is 30.3 Å². The summed E-state index contributed by atoms with van der Waals surface area (Å²) in [5.74, 6) is 1.13. The van der Waals surface area contributed by atoms with Gasteiger partial charge in [0, 0.05) is 5.69 Å². The van der Waals surface area contributed by atoms with E-state index in [9.17, 15) is 9.59 Å². The lowest BCUT2D eigenvalue weighted by Gasteiger charge is -2.24. The molecule has 2 atom stereocenters. The number of nitrogens with one attached hydrogen (secondary N) is 1. The molecule has 3 aromatic carbocycles. The number of benzene rings is 3. The number of methoxy groups -OCH3 is 2. The number of para-hydroxylation sites is 1. The van der Waals surface area contributed by atoms with Crippen LogP contribution < -0.4 is 34.6 Å². The standard InChI is InChI=1S/C28H23NO8/c1-32-17-9-7-16(8-10-17)29-27(30)26-22(15-13-20(33-2)25-21(14-15)34-11-12-35-25)23-24(37-26)18-5-3-4-6-19(18)36-28(23)31/h3-10,13-14,22,26H,11-12H2,1-2H3,(H,29,30). The largest absolute Gasteiger partial charge is 0.497 e. The molecule has 0 aliphatic carbocycles. The van der Waals surface area contributed by atoms with Gasteiger partial charge in [-0.25, -0.2) is 4.79 Å². The summed E-state index contributed by atoms with van der Waals surface area (Å²) in [6, 6.07) is 17.5. The first-order valence-electron chi connectivity index (χ1n) is 11.7. The molecule has 2 aliphatic rings. The Labute approximate surface area is 211 Å². The van der Waals surface area contributed by atoms with Crippen LogP contribution >= 0.6 is 0 Å². The van der Waals surface area contributed by atoms with Crippen LogP contribution in [0.1, 0.15) is 17.0 Å². The maximum atomic E-state index is 13.6. The molecule has 0 bridgehead atoms. The molecule has 6 rings (SSSR count). The van der Waals surface area contributed by atoms with Crippen molar-refractivity contribution in [2.75, 3.05) is 32.8 Å². The molecule has 0 fully saturated rings. The van der Waals surface area contributed by atoms with Crippen molar-refractivity contribution in [1.29, 1.82) is 0 Å². The van der Waals surface area contributed by atoms with Gasteiger partial charge in [0.25, 0.3) is 5.91 Å². The van der Waals surface area contributed by atoms with E-state index in [2.05, 4.69) is 5.32 Å². The van der Waals surface area contributed by atoms with E-state index in [1.807, 2.05) is 6.07 Å². The Morgan fingerprint density at radius 2 is 1.73 bits per heavy atom. The summed E-state index contributed by atoms with van der Waals surface area (Å²) in [7, 11) is 3.09. The first-order valence-corrected chi connectivity index (χ1v) is 11.7. The zero-order chi connectivity index (χ0) is 25.5. The molecule has 188 valence electrons. The Bertz CT molecular complexity index is 1540. The van der Waals surface area contributed by atoms with Crippen LogP contribution in [0.25, 0.3) is 11.0 Å². The van der Waals surface area contributed by atoms with Crippen molar-refractivity contribution < 1.29 is 32.9 Å². The molecule has 37 heavy (non-hydrogen) atoms. The number of hydrogen-bond acceptors (Lipinski definition) is 8. The fraction of sp³-hybridized carbons (Fsp3) is 0.214. The average Bonchev–Trinajstić information content (AvgIpc) is 3.35. The van der Waals surface area contributed by atoms with Gasteiger partial charge in [-0.3, -0.25) is 4.79 Å². The minimum absolute atomic E-state index is 0.257. The fourth-order valence-electron chi connectivity index (χ4n) is 4.78. The van der Waals surface area contributed by atoms with Crippen LogP contribution in [-0.4, -0.2) is 39.4 Å². The van der Waals surface area contributed by atoms with E-state index in [4.69, 9.17) is 28.1 Å². The summed E-state index contributed by atoms with van der Waals surface area (Å²) in [6.07, 6.45) is -1.07. The summed E-state index contributed by atoms with van der Waals surface area (Å²) in [4.78, 5) is 26.9. The Morgan fingerprint density at radius 1 is 0.946 bits per heavy atom. The molecule has 1 N–H and O–H groups in total. The van der Waals surface area contributed by atoms with E-state index < -0.39 is 23.6 Å². The first kappa shape index (κ1) is 22.8. The summed E-state index contributed by atoms with van der Waals surface area (Å²) in [5.41, 5.74) is 1.21. The number of carbonyl (C=O) groups excluding carboxylic acids is 1. The van der Waals surface area contributed by atoms with Gasteiger partial charge in [-0.15, -0.1) is 0 Å². The predicted octanol–water partition coefficient (Wildman–Crippen LogP) is 4.11. The molecule has 0 spiro atoms. The Kier molecular flexibility index (Phi) is 5.60. The van der Waals surface area contributed by atoms with Crippen molar-refractivity contribution in [3.8, 4) is 28.7 Å². The molecule has 1 aromatic heterocycles. The molecular formula is C28H23NO8. The summed E-state index contributed by atoms with van der Waals surface area (Å²) < 4.78 is 34.2. The van der Waals surface area contributed by atoms with Gasteiger partial charge in [-0.05, 0) is 54.1 Å². The van der Waals surface area contributed by atoms with Crippen LogP contribution in [0.3, 0.4) is 0 Å². The second-order valence-electron chi connectivity index (χ2n) is 8.61. The number of carbonyl (C=O) groups is 1. The zero-order valence-corrected chi connectivity index (χ0v) is 20.1. The maximum absolute atomic E-state index is 13.6. The Hall–Kier alpha value is -4.66. The van der Waals surface area contributed by atoms with Crippen molar-refractivity contribution in [3.63, 3.8) is 0 Å². The van der Waals surface area contributed by atoms with E-state index >= 15 is 0 Å². The van der Waals surface area contributed by atoms with Crippen LogP contribution in [0.15, 0.2) is 69.9 Å². The van der Waals surface area contributed by atoms with Gasteiger partial charge in [-0.2, -0.15) is 0 Å². The number of amides is 1.